The molecule has 2 aromatic rings. The molecule has 1 N–H and O–H groups in total. The van der Waals surface area contributed by atoms with E-state index >= 15 is 0 Å². The summed E-state index contributed by atoms with van der Waals surface area (Å²) >= 11 is 0. The van der Waals surface area contributed by atoms with Crippen molar-refractivity contribution in [3.8, 4) is 0 Å². The third kappa shape index (κ3) is 5.66. The number of rotatable bonds is 8. The van der Waals surface area contributed by atoms with Gasteiger partial charge >= 0.3 is 0 Å². The summed E-state index contributed by atoms with van der Waals surface area (Å²) in [5, 5.41) is 2.80. The number of ether oxygens (including phenoxy) is 1. The molecule has 1 aliphatic rings. The molecular formula is C22H29N3O4S. The van der Waals surface area contributed by atoms with Gasteiger partial charge in [-0.3, -0.25) is 9.69 Å². The van der Waals surface area contributed by atoms with Crippen molar-refractivity contribution in [1.29, 1.82) is 0 Å². The molecule has 7 nitrogen and oxygen atoms in total. The lowest BCUT2D eigenvalue weighted by molar-refractivity contribution is 0.0937. The van der Waals surface area contributed by atoms with Gasteiger partial charge in [0.05, 0.1) is 11.5 Å². The SMILES string of the molecule is COCCNC(=O)c1ccc(CN2CCN(S(=O)(=O)c3ccc(C)cc3)CC2)cc1. The first kappa shape index (κ1) is 22.4. The molecule has 1 aliphatic heterocycles. The van der Waals surface area contributed by atoms with Crippen LogP contribution in [0, 0.1) is 6.92 Å². The van der Waals surface area contributed by atoms with E-state index in [0.717, 1.165) is 17.7 Å². The van der Waals surface area contributed by atoms with Gasteiger partial charge in [-0.15, -0.1) is 0 Å². The Morgan fingerprint density at radius 1 is 1.00 bits per heavy atom. The summed E-state index contributed by atoms with van der Waals surface area (Å²) in [6.45, 7) is 5.91. The average Bonchev–Trinajstić information content (AvgIpc) is 2.75. The highest BCUT2D eigenvalue weighted by Gasteiger charge is 2.28. The maximum Gasteiger partial charge on any atom is 0.251 e. The van der Waals surface area contributed by atoms with Crippen molar-refractivity contribution in [2.75, 3.05) is 46.4 Å². The maximum absolute atomic E-state index is 12.8. The normalized spacial score (nSPS) is 15.8. The Labute approximate surface area is 178 Å². The van der Waals surface area contributed by atoms with Crippen molar-refractivity contribution in [3.63, 3.8) is 0 Å². The van der Waals surface area contributed by atoms with E-state index in [1.165, 1.54) is 0 Å². The van der Waals surface area contributed by atoms with Crippen LogP contribution in [0.25, 0.3) is 0 Å². The Morgan fingerprint density at radius 2 is 1.63 bits per heavy atom. The summed E-state index contributed by atoms with van der Waals surface area (Å²) < 4.78 is 32.1. The van der Waals surface area contributed by atoms with Crippen LogP contribution in [0.15, 0.2) is 53.4 Å². The molecule has 0 aliphatic carbocycles. The van der Waals surface area contributed by atoms with E-state index < -0.39 is 10.0 Å². The maximum atomic E-state index is 12.8. The van der Waals surface area contributed by atoms with Crippen LogP contribution in [0.1, 0.15) is 21.5 Å². The number of carbonyl (C=O) groups excluding carboxylic acids is 1. The van der Waals surface area contributed by atoms with Crippen LogP contribution in [0.3, 0.4) is 0 Å². The lowest BCUT2D eigenvalue weighted by Crippen LogP contribution is -2.48. The van der Waals surface area contributed by atoms with Crippen LogP contribution in [0.5, 0.6) is 0 Å². The quantitative estimate of drug-likeness (QED) is 0.646. The fourth-order valence-corrected chi connectivity index (χ4v) is 4.80. The molecule has 0 spiro atoms. The Kier molecular flexibility index (Phi) is 7.60. The molecule has 2 aromatic carbocycles. The summed E-state index contributed by atoms with van der Waals surface area (Å²) in [7, 11) is -1.85. The largest absolute Gasteiger partial charge is 0.383 e. The van der Waals surface area contributed by atoms with Gasteiger partial charge in [0.2, 0.25) is 10.0 Å². The highest BCUT2D eigenvalue weighted by atomic mass is 32.2. The molecule has 0 bridgehead atoms. The van der Waals surface area contributed by atoms with Crippen molar-refractivity contribution in [2.45, 2.75) is 18.4 Å². The van der Waals surface area contributed by atoms with Crippen molar-refractivity contribution >= 4 is 15.9 Å². The number of amides is 1. The first-order chi connectivity index (χ1) is 14.4. The van der Waals surface area contributed by atoms with Crippen LogP contribution in [-0.4, -0.2) is 70.0 Å². The van der Waals surface area contributed by atoms with Gasteiger partial charge in [0.15, 0.2) is 0 Å². The van der Waals surface area contributed by atoms with E-state index in [-0.39, 0.29) is 5.91 Å². The minimum absolute atomic E-state index is 0.117. The average molecular weight is 432 g/mol. The van der Waals surface area contributed by atoms with Gasteiger partial charge in [-0.1, -0.05) is 29.8 Å². The lowest BCUT2D eigenvalue weighted by Gasteiger charge is -2.34. The van der Waals surface area contributed by atoms with Gasteiger partial charge in [-0.05, 0) is 36.8 Å². The molecule has 0 unspecified atom stereocenters. The Morgan fingerprint density at radius 3 is 2.23 bits per heavy atom. The summed E-state index contributed by atoms with van der Waals surface area (Å²) in [5.74, 6) is -0.117. The van der Waals surface area contributed by atoms with E-state index in [1.54, 1.807) is 23.5 Å². The molecule has 30 heavy (non-hydrogen) atoms. The zero-order chi connectivity index (χ0) is 21.6. The highest BCUT2D eigenvalue weighted by molar-refractivity contribution is 7.89. The van der Waals surface area contributed by atoms with Gasteiger partial charge in [0.25, 0.3) is 5.91 Å². The van der Waals surface area contributed by atoms with Crippen molar-refractivity contribution in [2.24, 2.45) is 0 Å². The number of sulfonamides is 1. The standard InChI is InChI=1S/C22H29N3O4S/c1-18-3-9-21(10-4-18)30(27,28)25-14-12-24(13-15-25)17-19-5-7-20(8-6-19)22(26)23-11-16-29-2/h3-10H,11-17H2,1-2H3,(H,23,26). The molecule has 3 rings (SSSR count). The molecule has 162 valence electrons. The Bertz CT molecular complexity index is 935. The van der Waals surface area contributed by atoms with Gasteiger partial charge in [0, 0.05) is 51.9 Å². The fourth-order valence-electron chi connectivity index (χ4n) is 3.38. The molecule has 0 radical (unpaired) electrons. The molecule has 0 saturated carbocycles. The second kappa shape index (κ2) is 10.2. The fraction of sp³-hybridized carbons (Fsp3) is 0.409. The number of aryl methyl sites for hydroxylation is 1. The molecule has 8 heteroatoms. The van der Waals surface area contributed by atoms with Gasteiger partial charge < -0.3 is 10.1 Å². The van der Waals surface area contributed by atoms with Crippen molar-refractivity contribution < 1.29 is 17.9 Å². The number of nitrogens with zero attached hydrogens (tertiary/aromatic N) is 2. The van der Waals surface area contributed by atoms with Gasteiger partial charge in [-0.25, -0.2) is 8.42 Å². The molecule has 1 amide bonds. The Hall–Kier alpha value is -2.26. The van der Waals surface area contributed by atoms with Crippen molar-refractivity contribution in [3.05, 3.63) is 65.2 Å². The van der Waals surface area contributed by atoms with E-state index in [9.17, 15) is 13.2 Å². The van der Waals surface area contributed by atoms with Gasteiger partial charge in [0.1, 0.15) is 0 Å². The molecule has 1 heterocycles. The predicted molar refractivity (Wildman–Crippen MR) is 116 cm³/mol. The minimum Gasteiger partial charge on any atom is -0.383 e. The summed E-state index contributed by atoms with van der Waals surface area (Å²) in [6, 6.07) is 14.5. The summed E-state index contributed by atoms with van der Waals surface area (Å²) in [5.41, 5.74) is 2.75. The number of carbonyl (C=O) groups is 1. The van der Waals surface area contributed by atoms with Crippen LogP contribution in [-0.2, 0) is 21.3 Å². The first-order valence-corrected chi connectivity index (χ1v) is 11.5. The smallest absolute Gasteiger partial charge is 0.251 e. The highest BCUT2D eigenvalue weighted by Crippen LogP contribution is 2.19. The third-order valence-electron chi connectivity index (χ3n) is 5.20. The van der Waals surface area contributed by atoms with Crippen LogP contribution >= 0.6 is 0 Å². The zero-order valence-corrected chi connectivity index (χ0v) is 18.3. The third-order valence-corrected chi connectivity index (χ3v) is 7.12. The molecular weight excluding hydrogens is 402 g/mol. The molecule has 1 fully saturated rings. The molecule has 0 atom stereocenters. The van der Waals surface area contributed by atoms with Crippen molar-refractivity contribution in [1.82, 2.24) is 14.5 Å². The summed E-state index contributed by atoms with van der Waals surface area (Å²) in [4.78, 5) is 14.6. The van der Waals surface area contributed by atoms with Gasteiger partial charge in [-0.2, -0.15) is 4.31 Å². The topological polar surface area (TPSA) is 79.0 Å². The van der Waals surface area contributed by atoms with E-state index in [1.807, 2.05) is 43.3 Å². The monoisotopic (exact) mass is 431 g/mol. The minimum atomic E-state index is -3.45. The molecule has 0 aromatic heterocycles. The van der Waals surface area contributed by atoms with Crippen LogP contribution < -0.4 is 5.32 Å². The predicted octanol–water partition coefficient (Wildman–Crippen LogP) is 1.88. The lowest BCUT2D eigenvalue weighted by atomic mass is 10.1. The number of nitrogens with one attached hydrogen (secondary N) is 1. The number of piperazine rings is 1. The second-order valence-corrected chi connectivity index (χ2v) is 9.38. The van der Waals surface area contributed by atoms with E-state index in [0.29, 0.717) is 49.8 Å². The zero-order valence-electron chi connectivity index (χ0n) is 17.5. The molecule has 1 saturated heterocycles. The number of hydrogen-bond donors (Lipinski definition) is 1. The second-order valence-electron chi connectivity index (χ2n) is 7.44. The Balaban J connectivity index is 1.52. The van der Waals surface area contributed by atoms with E-state index in [4.69, 9.17) is 4.74 Å². The number of methoxy groups -OCH3 is 1. The summed E-state index contributed by atoms with van der Waals surface area (Å²) in [6.07, 6.45) is 0. The number of benzene rings is 2. The van der Waals surface area contributed by atoms with Crippen LogP contribution in [0.2, 0.25) is 0 Å². The van der Waals surface area contributed by atoms with E-state index in [2.05, 4.69) is 10.2 Å². The van der Waals surface area contributed by atoms with Crippen LogP contribution in [0.4, 0.5) is 0 Å². The first-order valence-electron chi connectivity index (χ1n) is 10.1. The number of hydrogen-bond acceptors (Lipinski definition) is 5.